The van der Waals surface area contributed by atoms with Gasteiger partial charge in [-0.2, -0.15) is 0 Å². The third-order valence-corrected chi connectivity index (χ3v) is 6.72. The maximum absolute atomic E-state index is 6.61. The highest BCUT2D eigenvalue weighted by molar-refractivity contribution is 6.33. The summed E-state index contributed by atoms with van der Waals surface area (Å²) in [5.41, 5.74) is 2.72. The van der Waals surface area contributed by atoms with E-state index < -0.39 is 0 Å². The van der Waals surface area contributed by atoms with Gasteiger partial charge in [0.25, 0.3) is 0 Å². The molecule has 3 aromatic rings. The van der Waals surface area contributed by atoms with E-state index in [0.29, 0.717) is 10.9 Å². The molecule has 1 aromatic carbocycles. The number of hydrogen-bond donors (Lipinski definition) is 0. The monoisotopic (exact) mass is 476 g/mol. The molecule has 4 heterocycles. The number of nitrogens with zero attached hydrogens (tertiary/aromatic N) is 6. The van der Waals surface area contributed by atoms with Crippen molar-refractivity contribution >= 4 is 41.0 Å². The van der Waals surface area contributed by atoms with Crippen molar-refractivity contribution in [1.29, 1.82) is 0 Å². The number of ether oxygens (including phenoxy) is 1. The predicted molar refractivity (Wildman–Crippen MR) is 131 cm³/mol. The Bertz CT molecular complexity index is 1070. The fourth-order valence-electron chi connectivity index (χ4n) is 4.54. The van der Waals surface area contributed by atoms with Crippen LogP contribution in [0.3, 0.4) is 0 Å². The van der Waals surface area contributed by atoms with Gasteiger partial charge in [0.1, 0.15) is 11.6 Å². The second kappa shape index (κ2) is 9.91. The number of halogens is 2. The Balaban J connectivity index is 0.00000245. The minimum Gasteiger partial charge on any atom is -0.381 e. The summed E-state index contributed by atoms with van der Waals surface area (Å²) in [4.78, 5) is 19.5. The highest BCUT2D eigenvalue weighted by Crippen LogP contribution is 2.34. The van der Waals surface area contributed by atoms with Crippen LogP contribution in [0.25, 0.3) is 22.6 Å². The van der Waals surface area contributed by atoms with Gasteiger partial charge in [-0.1, -0.05) is 23.7 Å². The number of imidazole rings is 1. The summed E-state index contributed by atoms with van der Waals surface area (Å²) in [6, 6.07) is 7.93. The van der Waals surface area contributed by atoms with E-state index in [4.69, 9.17) is 31.3 Å². The second-order valence-corrected chi connectivity index (χ2v) is 9.05. The fraction of sp³-hybridized carbons (Fsp3) is 0.522. The zero-order valence-electron chi connectivity index (χ0n) is 18.6. The molecule has 0 bridgehead atoms. The van der Waals surface area contributed by atoms with Gasteiger partial charge in [-0.3, -0.25) is 0 Å². The number of likely N-dealkylation sites (N-methyl/N-ethyl adjacent to an activating group) is 1. The van der Waals surface area contributed by atoms with Crippen molar-refractivity contribution in [2.24, 2.45) is 5.92 Å². The van der Waals surface area contributed by atoms with Crippen LogP contribution in [0.5, 0.6) is 0 Å². The molecular formula is C23H30Cl2N6O. The molecular weight excluding hydrogens is 447 g/mol. The molecule has 0 saturated carbocycles. The van der Waals surface area contributed by atoms with E-state index in [1.165, 1.54) is 0 Å². The molecule has 2 aliphatic heterocycles. The van der Waals surface area contributed by atoms with Crippen LogP contribution in [-0.2, 0) is 11.3 Å². The molecule has 2 aliphatic rings. The fourth-order valence-corrected chi connectivity index (χ4v) is 4.76. The zero-order valence-corrected chi connectivity index (χ0v) is 20.2. The van der Waals surface area contributed by atoms with Crippen molar-refractivity contribution in [2.45, 2.75) is 26.3 Å². The number of piperazine rings is 1. The minimum atomic E-state index is 0. The Morgan fingerprint density at radius 2 is 1.75 bits per heavy atom. The van der Waals surface area contributed by atoms with E-state index in [1.54, 1.807) is 0 Å². The first-order valence-electron chi connectivity index (χ1n) is 11.1. The Morgan fingerprint density at radius 3 is 2.47 bits per heavy atom. The standard InChI is InChI=1S/C23H29ClN6O.ClH/c1-16-25-22(29-11-9-28(2)10-12-29)20-23(26-16)30(15-17-7-13-31-14-8-17)21(27-20)18-5-3-4-6-19(18)24;/h3-6,17H,7-15H2,1-2H3;1H. The average molecular weight is 477 g/mol. The quantitative estimate of drug-likeness (QED) is 0.565. The van der Waals surface area contributed by atoms with Crippen LogP contribution in [0.2, 0.25) is 5.02 Å². The van der Waals surface area contributed by atoms with Crippen molar-refractivity contribution in [1.82, 2.24) is 24.4 Å². The number of fused-ring (bicyclic) bond motifs is 1. The van der Waals surface area contributed by atoms with Gasteiger partial charge in [0, 0.05) is 51.5 Å². The number of benzene rings is 1. The number of rotatable bonds is 4. The van der Waals surface area contributed by atoms with Gasteiger partial charge in [-0.25, -0.2) is 15.0 Å². The Hall–Kier alpha value is -1.93. The Kier molecular flexibility index (Phi) is 7.20. The number of aryl methyl sites for hydroxylation is 1. The van der Waals surface area contributed by atoms with Crippen LogP contribution >= 0.6 is 24.0 Å². The number of hydrogen-bond acceptors (Lipinski definition) is 6. The van der Waals surface area contributed by atoms with Gasteiger partial charge in [0.2, 0.25) is 0 Å². The summed E-state index contributed by atoms with van der Waals surface area (Å²) >= 11 is 6.61. The third kappa shape index (κ3) is 4.57. The van der Waals surface area contributed by atoms with Gasteiger partial charge >= 0.3 is 0 Å². The van der Waals surface area contributed by atoms with Gasteiger partial charge in [-0.15, -0.1) is 12.4 Å². The smallest absolute Gasteiger partial charge is 0.166 e. The van der Waals surface area contributed by atoms with Gasteiger partial charge in [0.15, 0.2) is 17.0 Å². The first-order chi connectivity index (χ1) is 15.1. The van der Waals surface area contributed by atoms with Gasteiger partial charge in [-0.05, 0) is 44.9 Å². The molecule has 32 heavy (non-hydrogen) atoms. The van der Waals surface area contributed by atoms with Crippen LogP contribution in [0.4, 0.5) is 5.82 Å². The van der Waals surface area contributed by atoms with Crippen molar-refractivity contribution in [3.8, 4) is 11.4 Å². The Morgan fingerprint density at radius 1 is 1.03 bits per heavy atom. The lowest BCUT2D eigenvalue weighted by molar-refractivity contribution is 0.0617. The molecule has 0 spiro atoms. The topological polar surface area (TPSA) is 59.3 Å². The normalized spacial score (nSPS) is 18.2. The SMILES string of the molecule is Cc1nc(N2CCN(C)CC2)c2nc(-c3ccccc3Cl)n(CC3CCOCC3)c2n1.Cl. The van der Waals surface area contributed by atoms with Gasteiger partial charge < -0.3 is 19.1 Å². The first-order valence-corrected chi connectivity index (χ1v) is 11.5. The molecule has 0 amide bonds. The van der Waals surface area contributed by atoms with Crippen molar-refractivity contribution in [3.05, 3.63) is 35.1 Å². The van der Waals surface area contributed by atoms with E-state index >= 15 is 0 Å². The summed E-state index contributed by atoms with van der Waals surface area (Å²) in [6.07, 6.45) is 2.11. The first kappa shape index (κ1) is 23.2. The molecule has 0 atom stereocenters. The molecule has 0 radical (unpaired) electrons. The summed E-state index contributed by atoms with van der Waals surface area (Å²) in [7, 11) is 2.16. The summed E-state index contributed by atoms with van der Waals surface area (Å²) in [6.45, 7) is 8.39. The molecule has 2 fully saturated rings. The lowest BCUT2D eigenvalue weighted by atomic mass is 10.00. The molecule has 0 N–H and O–H groups in total. The largest absolute Gasteiger partial charge is 0.381 e. The highest BCUT2D eigenvalue weighted by atomic mass is 35.5. The van der Waals surface area contributed by atoms with Crippen molar-refractivity contribution in [3.63, 3.8) is 0 Å². The molecule has 2 aromatic heterocycles. The molecule has 7 nitrogen and oxygen atoms in total. The van der Waals surface area contributed by atoms with Crippen LogP contribution in [0.15, 0.2) is 24.3 Å². The number of aromatic nitrogens is 4. The molecule has 0 aliphatic carbocycles. The summed E-state index contributed by atoms with van der Waals surface area (Å²) in [5.74, 6) is 3.13. The van der Waals surface area contributed by atoms with Gasteiger partial charge in [0.05, 0.1) is 5.02 Å². The van der Waals surface area contributed by atoms with Crippen molar-refractivity contribution in [2.75, 3.05) is 51.3 Å². The maximum Gasteiger partial charge on any atom is 0.166 e. The molecule has 172 valence electrons. The van der Waals surface area contributed by atoms with E-state index in [1.807, 2.05) is 31.2 Å². The van der Waals surface area contributed by atoms with E-state index in [0.717, 1.165) is 93.0 Å². The lowest BCUT2D eigenvalue weighted by Gasteiger charge is -2.33. The minimum absolute atomic E-state index is 0. The number of anilines is 1. The zero-order chi connectivity index (χ0) is 21.4. The summed E-state index contributed by atoms with van der Waals surface area (Å²) in [5, 5.41) is 0.705. The molecule has 5 rings (SSSR count). The molecule has 2 saturated heterocycles. The van der Waals surface area contributed by atoms with Crippen molar-refractivity contribution < 1.29 is 4.74 Å². The average Bonchev–Trinajstić information content (AvgIpc) is 3.13. The van der Waals surface area contributed by atoms with E-state index in [-0.39, 0.29) is 12.4 Å². The van der Waals surface area contributed by atoms with Crippen LogP contribution in [-0.4, -0.2) is 70.9 Å². The maximum atomic E-state index is 6.61. The van der Waals surface area contributed by atoms with Crippen LogP contribution in [0, 0.1) is 12.8 Å². The van der Waals surface area contributed by atoms with E-state index in [9.17, 15) is 0 Å². The molecule has 9 heteroatoms. The molecule has 0 unspecified atom stereocenters. The van der Waals surface area contributed by atoms with Crippen LogP contribution in [0.1, 0.15) is 18.7 Å². The lowest BCUT2D eigenvalue weighted by Crippen LogP contribution is -2.45. The van der Waals surface area contributed by atoms with Crippen LogP contribution < -0.4 is 4.90 Å². The Labute approximate surface area is 200 Å². The second-order valence-electron chi connectivity index (χ2n) is 8.64. The highest BCUT2D eigenvalue weighted by Gasteiger charge is 2.26. The third-order valence-electron chi connectivity index (χ3n) is 6.39. The predicted octanol–water partition coefficient (Wildman–Crippen LogP) is 4.06. The van der Waals surface area contributed by atoms with E-state index in [2.05, 4.69) is 21.4 Å². The summed E-state index contributed by atoms with van der Waals surface area (Å²) < 4.78 is 7.85.